The van der Waals surface area contributed by atoms with Crippen LogP contribution in [-0.2, 0) is 24.9 Å². The number of guanidine groups is 1. The quantitative estimate of drug-likeness (QED) is 0.367. The van der Waals surface area contributed by atoms with Crippen molar-refractivity contribution in [1.82, 2.24) is 24.9 Å². The molecule has 1 aromatic heterocycles. The molecule has 0 spiro atoms. The van der Waals surface area contributed by atoms with E-state index in [1.165, 1.54) is 11.1 Å². The lowest BCUT2D eigenvalue weighted by atomic mass is 10.1. The van der Waals surface area contributed by atoms with Crippen molar-refractivity contribution in [2.45, 2.75) is 26.1 Å². The van der Waals surface area contributed by atoms with E-state index in [4.69, 9.17) is 4.74 Å². The fraction of sp³-hybridized carbons (Fsp3) is 0.524. The van der Waals surface area contributed by atoms with Gasteiger partial charge in [0.2, 0.25) is 0 Å². The molecule has 1 fully saturated rings. The van der Waals surface area contributed by atoms with Crippen LogP contribution in [0.1, 0.15) is 29.7 Å². The molecule has 2 heterocycles. The van der Waals surface area contributed by atoms with Gasteiger partial charge in [-0.1, -0.05) is 31.2 Å². The van der Waals surface area contributed by atoms with E-state index in [9.17, 15) is 0 Å². The molecule has 1 atom stereocenters. The summed E-state index contributed by atoms with van der Waals surface area (Å²) in [6.45, 7) is 7.23. The smallest absolute Gasteiger partial charge is 0.194 e. The highest BCUT2D eigenvalue weighted by Gasteiger charge is 2.25. The van der Waals surface area contributed by atoms with Gasteiger partial charge in [-0.15, -0.1) is 24.0 Å². The summed E-state index contributed by atoms with van der Waals surface area (Å²) in [4.78, 5) is 9.05. The van der Waals surface area contributed by atoms with Crippen LogP contribution in [0.25, 0.3) is 0 Å². The predicted octanol–water partition coefficient (Wildman–Crippen LogP) is 2.64. The van der Waals surface area contributed by atoms with E-state index in [0.29, 0.717) is 6.61 Å². The number of ether oxygens (including phenoxy) is 1. The van der Waals surface area contributed by atoms with Crippen molar-refractivity contribution in [2.24, 2.45) is 12.0 Å². The Kier molecular flexibility index (Phi) is 9.38. The van der Waals surface area contributed by atoms with Gasteiger partial charge in [-0.05, 0) is 24.7 Å². The molecule has 160 valence electrons. The van der Waals surface area contributed by atoms with Gasteiger partial charge in [-0.2, -0.15) is 5.10 Å². The molecule has 0 amide bonds. The number of nitrogens with zero attached hydrogens (tertiary/aromatic N) is 5. The first-order chi connectivity index (χ1) is 13.6. The molecule has 0 radical (unpaired) electrons. The van der Waals surface area contributed by atoms with Gasteiger partial charge >= 0.3 is 0 Å². The number of rotatable bonds is 6. The minimum Gasteiger partial charge on any atom is -0.370 e. The summed E-state index contributed by atoms with van der Waals surface area (Å²) in [5.74, 6) is 0.910. The van der Waals surface area contributed by atoms with Crippen molar-refractivity contribution < 1.29 is 4.74 Å². The molecule has 1 aliphatic rings. The molecule has 2 aromatic rings. The molecule has 3 rings (SSSR count). The number of benzene rings is 1. The minimum atomic E-state index is 0. The Morgan fingerprint density at radius 2 is 2.17 bits per heavy atom. The van der Waals surface area contributed by atoms with Gasteiger partial charge < -0.3 is 19.9 Å². The number of hydrogen-bond acceptors (Lipinski definition) is 4. The molecule has 29 heavy (non-hydrogen) atoms. The summed E-state index contributed by atoms with van der Waals surface area (Å²) in [7, 11) is 5.91. The number of morpholine rings is 1. The highest BCUT2D eigenvalue weighted by atomic mass is 127. The molecule has 0 bridgehead atoms. The van der Waals surface area contributed by atoms with Gasteiger partial charge in [0.05, 0.1) is 19.3 Å². The average Bonchev–Trinajstić information content (AvgIpc) is 3.15. The molecular formula is C21H33IN6O. The molecule has 8 heteroatoms. The summed E-state index contributed by atoms with van der Waals surface area (Å²) < 4.78 is 7.76. The number of aliphatic imine (C=N–C) groups is 1. The second-order valence-corrected chi connectivity index (χ2v) is 7.30. The van der Waals surface area contributed by atoms with Crippen molar-refractivity contribution in [3.63, 3.8) is 0 Å². The fourth-order valence-corrected chi connectivity index (χ4v) is 3.42. The number of aryl methyl sites for hydroxylation is 1. The van der Waals surface area contributed by atoms with Gasteiger partial charge in [0, 0.05) is 45.5 Å². The molecule has 0 saturated carbocycles. The first kappa shape index (κ1) is 23.6. The minimum absolute atomic E-state index is 0. The van der Waals surface area contributed by atoms with Crippen molar-refractivity contribution in [3.8, 4) is 0 Å². The maximum atomic E-state index is 5.95. The van der Waals surface area contributed by atoms with Crippen molar-refractivity contribution in [1.29, 1.82) is 0 Å². The molecule has 1 aliphatic heterocycles. The van der Waals surface area contributed by atoms with Crippen LogP contribution in [0.2, 0.25) is 0 Å². The Hall–Kier alpha value is -1.65. The summed E-state index contributed by atoms with van der Waals surface area (Å²) in [5.41, 5.74) is 3.71. The number of aromatic nitrogens is 2. The molecule has 7 nitrogen and oxygen atoms in total. The van der Waals surface area contributed by atoms with Gasteiger partial charge in [0.25, 0.3) is 0 Å². The Bertz CT molecular complexity index is 793. The second kappa shape index (κ2) is 11.5. The zero-order valence-electron chi connectivity index (χ0n) is 17.8. The Morgan fingerprint density at radius 3 is 2.86 bits per heavy atom. The van der Waals surface area contributed by atoms with Crippen LogP contribution < -0.4 is 5.32 Å². The second-order valence-electron chi connectivity index (χ2n) is 7.30. The van der Waals surface area contributed by atoms with Gasteiger partial charge in [-0.25, -0.2) is 0 Å². The van der Waals surface area contributed by atoms with Crippen LogP contribution in [0.4, 0.5) is 0 Å². The van der Waals surface area contributed by atoms with Crippen LogP contribution in [0.3, 0.4) is 0 Å². The zero-order chi connectivity index (χ0) is 19.9. The molecule has 1 saturated heterocycles. The Labute approximate surface area is 191 Å². The van der Waals surface area contributed by atoms with Gasteiger partial charge in [0.1, 0.15) is 6.10 Å². The van der Waals surface area contributed by atoms with E-state index >= 15 is 0 Å². The Balaban J connectivity index is 0.00000300. The third-order valence-electron chi connectivity index (χ3n) is 5.11. The monoisotopic (exact) mass is 512 g/mol. The molecule has 1 unspecified atom stereocenters. The van der Waals surface area contributed by atoms with Crippen molar-refractivity contribution in [2.75, 3.05) is 40.3 Å². The van der Waals surface area contributed by atoms with E-state index in [1.807, 2.05) is 31.2 Å². The van der Waals surface area contributed by atoms with Crippen molar-refractivity contribution >= 4 is 29.9 Å². The van der Waals surface area contributed by atoms with Crippen LogP contribution in [0.5, 0.6) is 0 Å². The highest BCUT2D eigenvalue weighted by molar-refractivity contribution is 14.0. The third-order valence-corrected chi connectivity index (χ3v) is 5.11. The zero-order valence-corrected chi connectivity index (χ0v) is 20.2. The molecular weight excluding hydrogens is 479 g/mol. The third kappa shape index (κ3) is 6.68. The molecule has 1 N–H and O–H groups in total. The van der Waals surface area contributed by atoms with Gasteiger partial charge in [-0.3, -0.25) is 9.67 Å². The van der Waals surface area contributed by atoms with Crippen molar-refractivity contribution in [3.05, 3.63) is 53.3 Å². The maximum Gasteiger partial charge on any atom is 0.194 e. The van der Waals surface area contributed by atoms with E-state index < -0.39 is 0 Å². The SMILES string of the molecule is CCN(C)Cc1cccc(CNC(=NC)N2CCOC(c3cnn(C)c3)C2)c1.I. The normalized spacial score (nSPS) is 17.3. The van der Waals surface area contributed by atoms with Crippen LogP contribution in [0.15, 0.2) is 41.7 Å². The lowest BCUT2D eigenvalue weighted by Gasteiger charge is -2.34. The van der Waals surface area contributed by atoms with Crippen LogP contribution in [-0.4, -0.2) is 65.9 Å². The Morgan fingerprint density at radius 1 is 1.38 bits per heavy atom. The van der Waals surface area contributed by atoms with E-state index in [1.54, 1.807) is 0 Å². The van der Waals surface area contributed by atoms with Gasteiger partial charge in [0.15, 0.2) is 5.96 Å². The summed E-state index contributed by atoms with van der Waals surface area (Å²) in [5, 5.41) is 7.77. The van der Waals surface area contributed by atoms with E-state index in [0.717, 1.165) is 44.2 Å². The fourth-order valence-electron chi connectivity index (χ4n) is 3.42. The lowest BCUT2D eigenvalue weighted by Crippen LogP contribution is -2.47. The summed E-state index contributed by atoms with van der Waals surface area (Å²) in [6, 6.07) is 8.74. The van der Waals surface area contributed by atoms with E-state index in [-0.39, 0.29) is 30.1 Å². The lowest BCUT2D eigenvalue weighted by molar-refractivity contribution is -0.00805. The predicted molar refractivity (Wildman–Crippen MR) is 128 cm³/mol. The maximum absolute atomic E-state index is 5.95. The van der Waals surface area contributed by atoms with Crippen LogP contribution in [0, 0.1) is 0 Å². The first-order valence-electron chi connectivity index (χ1n) is 9.91. The molecule has 0 aliphatic carbocycles. The van der Waals surface area contributed by atoms with E-state index in [2.05, 4.69) is 63.4 Å². The topological polar surface area (TPSA) is 57.9 Å². The largest absolute Gasteiger partial charge is 0.370 e. The standard InChI is InChI=1S/C21H32N6O.HI/c1-5-25(3)14-18-8-6-7-17(11-18)12-23-21(22-2)27-9-10-28-20(16-27)19-13-24-26(4)15-19;/h6-8,11,13,15,20H,5,9-10,12,14,16H2,1-4H3,(H,22,23);1H. The number of halogens is 1. The summed E-state index contributed by atoms with van der Waals surface area (Å²) >= 11 is 0. The average molecular weight is 512 g/mol. The highest BCUT2D eigenvalue weighted by Crippen LogP contribution is 2.21. The molecule has 1 aromatic carbocycles. The first-order valence-corrected chi connectivity index (χ1v) is 9.91. The number of hydrogen-bond donors (Lipinski definition) is 1. The number of nitrogens with one attached hydrogen (secondary N) is 1. The summed E-state index contributed by atoms with van der Waals surface area (Å²) in [6.07, 6.45) is 3.92. The van der Waals surface area contributed by atoms with Crippen LogP contribution >= 0.6 is 24.0 Å².